The summed E-state index contributed by atoms with van der Waals surface area (Å²) in [5.41, 5.74) is 0. The third kappa shape index (κ3) is 44.0. The molecule has 0 aromatic carbocycles. The minimum atomic E-state index is -4.66. The third-order valence-corrected chi connectivity index (χ3v) is 10.8. The van der Waals surface area contributed by atoms with Gasteiger partial charge in [-0.1, -0.05) is 196 Å². The minimum Gasteiger partial charge on any atom is -0.462 e. The summed E-state index contributed by atoms with van der Waals surface area (Å²) < 4.78 is 32.7. The zero-order chi connectivity index (χ0) is 45.8. The van der Waals surface area contributed by atoms with Crippen LogP contribution in [0.15, 0.2) is 72.9 Å². The molecular formula is C50H87O11P. The molecule has 12 heteroatoms. The molecule has 0 aliphatic carbocycles. The topological polar surface area (TPSA) is 169 Å². The maximum atomic E-state index is 12.6. The monoisotopic (exact) mass is 895 g/mol. The van der Waals surface area contributed by atoms with Gasteiger partial charge in [-0.25, -0.2) is 4.57 Å². The van der Waals surface area contributed by atoms with E-state index >= 15 is 0 Å². The number of aliphatic hydroxyl groups excluding tert-OH is 3. The van der Waals surface area contributed by atoms with Gasteiger partial charge in [0.2, 0.25) is 0 Å². The van der Waals surface area contributed by atoms with Gasteiger partial charge in [-0.3, -0.25) is 18.6 Å². The predicted octanol–water partition coefficient (Wildman–Crippen LogP) is 12.1. The Bertz CT molecular complexity index is 1290. The first-order valence-electron chi connectivity index (χ1n) is 23.9. The van der Waals surface area contributed by atoms with Gasteiger partial charge >= 0.3 is 19.8 Å². The maximum absolute atomic E-state index is 12.6. The zero-order valence-corrected chi connectivity index (χ0v) is 39.7. The summed E-state index contributed by atoms with van der Waals surface area (Å²) in [7, 11) is -4.66. The van der Waals surface area contributed by atoms with Crippen LogP contribution in [0.2, 0.25) is 0 Å². The van der Waals surface area contributed by atoms with Gasteiger partial charge in [-0.15, -0.1) is 0 Å². The first-order valence-corrected chi connectivity index (χ1v) is 25.4. The van der Waals surface area contributed by atoms with Crippen molar-refractivity contribution in [2.45, 2.75) is 200 Å². The smallest absolute Gasteiger partial charge is 0.462 e. The molecule has 0 spiro atoms. The molecule has 4 N–H and O–H groups in total. The Morgan fingerprint density at radius 3 is 1.69 bits per heavy atom. The highest BCUT2D eigenvalue weighted by Crippen LogP contribution is 2.43. The van der Waals surface area contributed by atoms with Gasteiger partial charge in [-0.05, 0) is 50.9 Å². The molecule has 11 nitrogen and oxygen atoms in total. The van der Waals surface area contributed by atoms with E-state index in [0.717, 1.165) is 44.4 Å². The molecule has 2 unspecified atom stereocenters. The van der Waals surface area contributed by atoms with Gasteiger partial charge in [0.1, 0.15) is 12.7 Å². The second-order valence-electron chi connectivity index (χ2n) is 16.4. The van der Waals surface area contributed by atoms with Crippen molar-refractivity contribution in [3.63, 3.8) is 0 Å². The summed E-state index contributed by atoms with van der Waals surface area (Å²) in [6, 6.07) is 0. The lowest BCUT2D eigenvalue weighted by Crippen LogP contribution is -2.29. The summed E-state index contributed by atoms with van der Waals surface area (Å²) in [6.45, 7) is 4.45. The first kappa shape index (κ1) is 59.4. The number of carbonyl (C=O) groups is 2. The summed E-state index contributed by atoms with van der Waals surface area (Å²) in [6.07, 6.45) is 46.3. The largest absolute Gasteiger partial charge is 0.472 e. The molecule has 4 atom stereocenters. The highest BCUT2D eigenvalue weighted by Gasteiger charge is 2.27. The summed E-state index contributed by atoms with van der Waals surface area (Å²) in [5, 5.41) is 28.4. The minimum absolute atomic E-state index is 0.0339. The van der Waals surface area contributed by atoms with Crippen LogP contribution in [-0.2, 0) is 32.7 Å². The van der Waals surface area contributed by atoms with Crippen molar-refractivity contribution in [2.75, 3.05) is 26.4 Å². The lowest BCUT2D eigenvalue weighted by molar-refractivity contribution is -0.161. The Morgan fingerprint density at radius 2 is 1.11 bits per heavy atom. The quantitative estimate of drug-likeness (QED) is 0.0151. The number of carbonyl (C=O) groups excluding carboxylic acids is 2. The van der Waals surface area contributed by atoms with Gasteiger partial charge in [0.15, 0.2) is 6.10 Å². The van der Waals surface area contributed by atoms with E-state index in [4.69, 9.17) is 19.1 Å². The standard InChI is InChI=1S/C50H87O11P/c1-4-5-6-7-27-32-37-46(52)38-33-28-23-19-16-17-21-25-30-35-40-50(55)61-48(44-60-62(56,57)59-42-47(53)41-51)43-58-49(54)39-34-29-24-20-15-13-11-9-8-10-12-14-18-22-26-31-36-45(2)3/h5-6,16-17,23,25,27-28,30,32-33,38,45-48,51-53H,4,7-15,18-22,24,26,29,31,34-37,39-44H2,1-3H3,(H,56,57)/b6-5-,17-16-,28-23-,30-25-,32-27-,38-33+/t46?,47-,48+/m0/s1. The number of esters is 2. The summed E-state index contributed by atoms with van der Waals surface area (Å²) in [4.78, 5) is 35.1. The second-order valence-corrected chi connectivity index (χ2v) is 17.9. The Labute approximate surface area is 376 Å². The van der Waals surface area contributed by atoms with E-state index in [1.807, 2.05) is 48.6 Å². The number of ether oxygens (including phenoxy) is 2. The SMILES string of the molecule is CC/C=C\C/C=C\CC(O)/C=C/C=C\C/C=C\C/C=C\CCC(=O)O[C@H](COC(=O)CCCCCCCCCCCCCCCCCCC(C)C)COP(=O)(O)OC[C@@H](O)CO. The highest BCUT2D eigenvalue weighted by molar-refractivity contribution is 7.47. The van der Waals surface area contributed by atoms with E-state index in [-0.39, 0.29) is 19.4 Å². The molecule has 0 aromatic rings. The van der Waals surface area contributed by atoms with E-state index in [9.17, 15) is 29.3 Å². The second kappa shape index (κ2) is 43.6. The van der Waals surface area contributed by atoms with Crippen LogP contribution in [-0.4, -0.2) is 76.9 Å². The third-order valence-electron chi connectivity index (χ3n) is 9.90. The summed E-state index contributed by atoms with van der Waals surface area (Å²) in [5.74, 6) is -0.224. The van der Waals surface area contributed by atoms with Crippen LogP contribution in [0.4, 0.5) is 0 Å². The molecule has 0 saturated carbocycles. The molecule has 0 radical (unpaired) electrons. The van der Waals surface area contributed by atoms with Crippen LogP contribution in [0, 0.1) is 5.92 Å². The van der Waals surface area contributed by atoms with Crippen molar-refractivity contribution in [3.8, 4) is 0 Å². The molecule has 358 valence electrons. The van der Waals surface area contributed by atoms with Gasteiger partial charge in [0.05, 0.1) is 25.9 Å². The lowest BCUT2D eigenvalue weighted by atomic mass is 10.0. The van der Waals surface area contributed by atoms with Crippen LogP contribution in [0.1, 0.15) is 181 Å². The van der Waals surface area contributed by atoms with Gasteiger partial charge in [-0.2, -0.15) is 0 Å². The number of phosphoric acid groups is 1. The molecular weight excluding hydrogens is 808 g/mol. The van der Waals surface area contributed by atoms with E-state index in [0.29, 0.717) is 25.7 Å². The van der Waals surface area contributed by atoms with Crippen LogP contribution in [0.3, 0.4) is 0 Å². The Balaban J connectivity index is 4.40. The number of unbranched alkanes of at least 4 members (excludes halogenated alkanes) is 15. The molecule has 0 amide bonds. The number of aliphatic hydroxyl groups is 3. The molecule has 0 bridgehead atoms. The predicted molar refractivity (Wildman–Crippen MR) is 252 cm³/mol. The van der Waals surface area contributed by atoms with Crippen LogP contribution in [0.25, 0.3) is 0 Å². The van der Waals surface area contributed by atoms with Crippen LogP contribution in [0.5, 0.6) is 0 Å². The van der Waals surface area contributed by atoms with E-state index < -0.39 is 57.9 Å². The average molecular weight is 895 g/mol. The number of phosphoric ester groups is 1. The van der Waals surface area contributed by atoms with Crippen molar-refractivity contribution >= 4 is 19.8 Å². The normalized spacial score (nSPS) is 15.0. The molecule has 62 heavy (non-hydrogen) atoms. The van der Waals surface area contributed by atoms with Gasteiger partial charge in [0.25, 0.3) is 0 Å². The van der Waals surface area contributed by atoms with Crippen molar-refractivity contribution in [3.05, 3.63) is 72.9 Å². The first-order chi connectivity index (χ1) is 30.0. The van der Waals surface area contributed by atoms with Gasteiger partial charge < -0.3 is 29.7 Å². The number of hydrogen-bond acceptors (Lipinski definition) is 10. The fraction of sp³-hybridized carbons (Fsp3) is 0.720. The zero-order valence-electron chi connectivity index (χ0n) is 38.8. The van der Waals surface area contributed by atoms with Crippen LogP contribution >= 0.6 is 7.82 Å². The van der Waals surface area contributed by atoms with Crippen molar-refractivity contribution in [1.29, 1.82) is 0 Å². The van der Waals surface area contributed by atoms with E-state index in [1.54, 1.807) is 6.08 Å². The van der Waals surface area contributed by atoms with Crippen molar-refractivity contribution in [1.82, 2.24) is 0 Å². The van der Waals surface area contributed by atoms with Crippen molar-refractivity contribution in [2.24, 2.45) is 5.92 Å². The fourth-order valence-corrected chi connectivity index (χ4v) is 7.02. The van der Waals surface area contributed by atoms with Crippen LogP contribution < -0.4 is 0 Å². The molecule has 0 aromatic heterocycles. The summed E-state index contributed by atoms with van der Waals surface area (Å²) >= 11 is 0. The van der Waals surface area contributed by atoms with Gasteiger partial charge in [0, 0.05) is 12.8 Å². The molecule has 0 heterocycles. The molecule has 0 rings (SSSR count). The number of rotatable bonds is 43. The number of hydrogen-bond donors (Lipinski definition) is 4. The Kier molecular flexibility index (Phi) is 41.8. The molecule has 0 fully saturated rings. The Hall–Kier alpha value is -2.63. The molecule has 0 saturated heterocycles. The van der Waals surface area contributed by atoms with E-state index in [2.05, 4.69) is 43.5 Å². The average Bonchev–Trinajstić information content (AvgIpc) is 3.24. The molecule has 0 aliphatic heterocycles. The fourth-order valence-electron chi connectivity index (χ4n) is 6.23. The molecule has 0 aliphatic rings. The maximum Gasteiger partial charge on any atom is 0.472 e. The lowest BCUT2D eigenvalue weighted by Gasteiger charge is -2.20. The van der Waals surface area contributed by atoms with E-state index in [1.165, 1.54) is 83.5 Å². The highest BCUT2D eigenvalue weighted by atomic mass is 31.2. The van der Waals surface area contributed by atoms with Crippen molar-refractivity contribution < 1.29 is 52.9 Å². The Morgan fingerprint density at radius 1 is 0.597 bits per heavy atom. The number of allylic oxidation sites excluding steroid dienone is 10.